The summed E-state index contributed by atoms with van der Waals surface area (Å²) in [6.45, 7) is 2.77. The summed E-state index contributed by atoms with van der Waals surface area (Å²) >= 11 is 0. The lowest BCUT2D eigenvalue weighted by Gasteiger charge is -2.35. The van der Waals surface area contributed by atoms with Crippen molar-refractivity contribution in [2.45, 2.75) is 13.0 Å². The number of fused-ring (bicyclic) bond motifs is 1. The molecule has 1 unspecified atom stereocenters. The quantitative estimate of drug-likeness (QED) is 0.806. The highest BCUT2D eigenvalue weighted by Crippen LogP contribution is 2.31. The lowest BCUT2D eigenvalue weighted by atomic mass is 10.1. The van der Waals surface area contributed by atoms with Crippen molar-refractivity contribution in [1.82, 2.24) is 20.1 Å². The van der Waals surface area contributed by atoms with Gasteiger partial charge in [-0.15, -0.1) is 0 Å². The van der Waals surface area contributed by atoms with Crippen LogP contribution in [0.25, 0.3) is 11.0 Å². The van der Waals surface area contributed by atoms with Crippen LogP contribution in [-0.4, -0.2) is 50.9 Å². The molecule has 0 radical (unpaired) electrons. The van der Waals surface area contributed by atoms with E-state index >= 15 is 0 Å². The minimum absolute atomic E-state index is 0.0806. The maximum Gasteiger partial charge on any atom is 0.339 e. The molecule has 1 amide bonds. The van der Waals surface area contributed by atoms with Crippen LogP contribution in [0.15, 0.2) is 12.4 Å². The predicted octanol–water partition coefficient (Wildman–Crippen LogP) is -0.00880. The Morgan fingerprint density at radius 3 is 2.95 bits per heavy atom. The van der Waals surface area contributed by atoms with E-state index in [0.29, 0.717) is 29.8 Å². The fourth-order valence-corrected chi connectivity index (χ4v) is 2.64. The van der Waals surface area contributed by atoms with Crippen LogP contribution in [0.4, 0.5) is 5.69 Å². The maximum absolute atomic E-state index is 11.9. The van der Waals surface area contributed by atoms with Crippen molar-refractivity contribution in [1.29, 1.82) is 0 Å². The number of pyridine rings is 1. The molecule has 1 aliphatic heterocycles. The highest BCUT2D eigenvalue weighted by molar-refractivity contribution is 6.05. The number of hydrogen-bond acceptors (Lipinski definition) is 5. The van der Waals surface area contributed by atoms with Gasteiger partial charge in [0, 0.05) is 26.3 Å². The van der Waals surface area contributed by atoms with Gasteiger partial charge in [-0.2, -0.15) is 5.10 Å². The lowest BCUT2D eigenvalue weighted by Crippen LogP contribution is -2.54. The van der Waals surface area contributed by atoms with Gasteiger partial charge in [0.15, 0.2) is 5.65 Å². The summed E-state index contributed by atoms with van der Waals surface area (Å²) in [6, 6.07) is -0.442. The summed E-state index contributed by atoms with van der Waals surface area (Å²) in [4.78, 5) is 29.3. The second-order valence-corrected chi connectivity index (χ2v) is 4.99. The Balaban J connectivity index is 2.25. The smallest absolute Gasteiger partial charge is 0.339 e. The average Bonchev–Trinajstić information content (AvgIpc) is 2.83. The van der Waals surface area contributed by atoms with Crippen molar-refractivity contribution in [3.63, 3.8) is 0 Å². The Kier molecular flexibility index (Phi) is 3.00. The van der Waals surface area contributed by atoms with Gasteiger partial charge in [-0.05, 0) is 6.92 Å². The van der Waals surface area contributed by atoms with Gasteiger partial charge in [0.1, 0.15) is 11.6 Å². The predicted molar refractivity (Wildman–Crippen MR) is 75.3 cm³/mol. The number of nitrogens with one attached hydrogen (secondary N) is 1. The van der Waals surface area contributed by atoms with E-state index in [2.05, 4.69) is 15.4 Å². The molecule has 8 nitrogen and oxygen atoms in total. The number of hydrogen-bond donors (Lipinski definition) is 2. The molecular weight excluding hydrogens is 274 g/mol. The lowest BCUT2D eigenvalue weighted by molar-refractivity contribution is -0.122. The molecule has 1 atom stereocenters. The van der Waals surface area contributed by atoms with Crippen molar-refractivity contribution in [3.8, 4) is 0 Å². The highest BCUT2D eigenvalue weighted by Gasteiger charge is 2.30. The molecule has 2 aromatic heterocycles. The van der Waals surface area contributed by atoms with E-state index in [4.69, 9.17) is 0 Å². The first-order chi connectivity index (χ1) is 10.0. The summed E-state index contributed by atoms with van der Waals surface area (Å²) in [7, 11) is 1.74. The third kappa shape index (κ3) is 1.99. The van der Waals surface area contributed by atoms with Crippen molar-refractivity contribution >= 4 is 28.6 Å². The topological polar surface area (TPSA) is 100 Å². The van der Waals surface area contributed by atoms with Crippen LogP contribution in [0.3, 0.4) is 0 Å². The normalized spacial score (nSPS) is 18.9. The van der Waals surface area contributed by atoms with E-state index in [0.717, 1.165) is 0 Å². The molecule has 1 fully saturated rings. The maximum atomic E-state index is 11.9. The minimum Gasteiger partial charge on any atom is -0.478 e. The van der Waals surface area contributed by atoms with Gasteiger partial charge < -0.3 is 15.3 Å². The molecule has 1 aliphatic rings. The number of carboxylic acids is 1. The summed E-state index contributed by atoms with van der Waals surface area (Å²) < 4.78 is 1.58. The van der Waals surface area contributed by atoms with Gasteiger partial charge in [0.05, 0.1) is 17.3 Å². The number of nitrogens with zero attached hydrogens (tertiary/aromatic N) is 4. The fourth-order valence-electron chi connectivity index (χ4n) is 2.64. The zero-order valence-corrected chi connectivity index (χ0v) is 11.7. The number of carbonyl (C=O) groups is 2. The number of rotatable bonds is 2. The molecule has 1 saturated heterocycles. The summed E-state index contributed by atoms with van der Waals surface area (Å²) in [5.74, 6) is -1.19. The SMILES string of the molecule is CC1C(=O)NCCN1c1c(C(=O)O)cnc2c1cnn2C. The highest BCUT2D eigenvalue weighted by atomic mass is 16.4. The number of aryl methyl sites for hydroxylation is 1. The molecule has 3 rings (SSSR count). The first-order valence-electron chi connectivity index (χ1n) is 6.59. The average molecular weight is 289 g/mol. The number of aromatic carboxylic acids is 1. The number of amides is 1. The summed E-state index contributed by atoms with van der Waals surface area (Å²) in [5, 5.41) is 17.0. The van der Waals surface area contributed by atoms with E-state index in [1.165, 1.54) is 6.20 Å². The number of carbonyl (C=O) groups excluding carboxylic acids is 1. The minimum atomic E-state index is -1.07. The molecule has 21 heavy (non-hydrogen) atoms. The van der Waals surface area contributed by atoms with E-state index < -0.39 is 12.0 Å². The van der Waals surface area contributed by atoms with Crippen molar-refractivity contribution < 1.29 is 14.7 Å². The molecule has 0 spiro atoms. The van der Waals surface area contributed by atoms with Gasteiger partial charge >= 0.3 is 5.97 Å². The Bertz CT molecular complexity index is 739. The molecule has 0 aromatic carbocycles. The molecule has 0 saturated carbocycles. The monoisotopic (exact) mass is 289 g/mol. The first kappa shape index (κ1) is 13.3. The van der Waals surface area contributed by atoms with E-state index in [1.807, 2.05) is 0 Å². The van der Waals surface area contributed by atoms with E-state index in [-0.39, 0.29) is 11.5 Å². The Morgan fingerprint density at radius 1 is 1.48 bits per heavy atom. The molecule has 0 bridgehead atoms. The van der Waals surface area contributed by atoms with Crippen molar-refractivity contribution in [2.75, 3.05) is 18.0 Å². The standard InChI is InChI=1S/C13H15N5O3/c1-7-12(19)14-3-4-18(7)10-8-6-16-17(2)11(8)15-5-9(10)13(20)21/h5-7H,3-4H2,1-2H3,(H,14,19)(H,20,21). The van der Waals surface area contributed by atoms with Gasteiger partial charge in [-0.25, -0.2) is 9.78 Å². The second-order valence-electron chi connectivity index (χ2n) is 4.99. The van der Waals surface area contributed by atoms with Crippen LogP contribution < -0.4 is 10.2 Å². The summed E-state index contributed by atoms with van der Waals surface area (Å²) in [6.07, 6.45) is 2.91. The molecule has 3 heterocycles. The number of aromatic nitrogens is 3. The number of anilines is 1. The zero-order chi connectivity index (χ0) is 15.1. The van der Waals surface area contributed by atoms with Crippen molar-refractivity contribution in [2.24, 2.45) is 7.05 Å². The first-order valence-corrected chi connectivity index (χ1v) is 6.59. The molecule has 110 valence electrons. The van der Waals surface area contributed by atoms with Crippen LogP contribution >= 0.6 is 0 Å². The fraction of sp³-hybridized carbons (Fsp3) is 0.385. The van der Waals surface area contributed by atoms with Gasteiger partial charge in [-0.3, -0.25) is 9.48 Å². The summed E-state index contributed by atoms with van der Waals surface area (Å²) in [5.41, 5.74) is 1.17. The Morgan fingerprint density at radius 2 is 2.24 bits per heavy atom. The number of piperazine rings is 1. The zero-order valence-electron chi connectivity index (χ0n) is 11.7. The molecular formula is C13H15N5O3. The third-order valence-corrected chi connectivity index (χ3v) is 3.75. The van der Waals surface area contributed by atoms with E-state index in [9.17, 15) is 14.7 Å². The Hall–Kier alpha value is -2.64. The molecule has 0 aliphatic carbocycles. The van der Waals surface area contributed by atoms with Crippen LogP contribution in [0, 0.1) is 0 Å². The van der Waals surface area contributed by atoms with Crippen LogP contribution in [0.1, 0.15) is 17.3 Å². The second kappa shape index (κ2) is 4.72. The van der Waals surface area contributed by atoms with Gasteiger partial charge in [0.25, 0.3) is 0 Å². The van der Waals surface area contributed by atoms with Gasteiger partial charge in [0.2, 0.25) is 5.91 Å². The van der Waals surface area contributed by atoms with Crippen LogP contribution in [-0.2, 0) is 11.8 Å². The third-order valence-electron chi connectivity index (χ3n) is 3.75. The largest absolute Gasteiger partial charge is 0.478 e. The Labute approximate surface area is 120 Å². The van der Waals surface area contributed by atoms with Crippen molar-refractivity contribution in [3.05, 3.63) is 18.0 Å². The molecule has 8 heteroatoms. The van der Waals surface area contributed by atoms with Gasteiger partial charge in [-0.1, -0.05) is 0 Å². The molecule has 2 N–H and O–H groups in total. The van der Waals surface area contributed by atoms with E-state index in [1.54, 1.807) is 29.7 Å². The van der Waals surface area contributed by atoms with Crippen LogP contribution in [0.5, 0.6) is 0 Å². The van der Waals surface area contributed by atoms with Crippen LogP contribution in [0.2, 0.25) is 0 Å². The molecule has 2 aromatic rings. The number of carboxylic acid groups (broad SMARTS) is 1.